The van der Waals surface area contributed by atoms with E-state index in [9.17, 15) is 14.4 Å². The molecule has 3 rings (SSSR count). The Hall–Kier alpha value is -3.48. The smallest absolute Gasteiger partial charge is 0.338 e. The van der Waals surface area contributed by atoms with E-state index in [2.05, 4.69) is 10.4 Å². The molecule has 0 spiro atoms. The molecule has 0 bridgehead atoms. The van der Waals surface area contributed by atoms with Crippen molar-refractivity contribution in [2.24, 2.45) is 0 Å². The molecule has 1 N–H and O–H groups in total. The van der Waals surface area contributed by atoms with Crippen LogP contribution >= 0.6 is 0 Å². The number of nitrogens with zero attached hydrogens (tertiary/aromatic N) is 2. The number of benzene rings is 2. The molecule has 1 amide bonds. The van der Waals surface area contributed by atoms with Crippen LogP contribution in [0.2, 0.25) is 0 Å². The Morgan fingerprint density at radius 1 is 1.15 bits per heavy atom. The van der Waals surface area contributed by atoms with E-state index in [0.717, 1.165) is 0 Å². The zero-order valence-electron chi connectivity index (χ0n) is 14.8. The zero-order valence-corrected chi connectivity index (χ0v) is 14.8. The Morgan fingerprint density at radius 3 is 2.78 bits per heavy atom. The summed E-state index contributed by atoms with van der Waals surface area (Å²) >= 11 is 0. The Kier molecular flexibility index (Phi) is 5.61. The molecule has 2 aromatic carbocycles. The molecule has 0 aliphatic carbocycles. The first-order chi connectivity index (χ1) is 13.1. The molecule has 138 valence electrons. The molecule has 7 nitrogen and oxygen atoms in total. The number of hydrogen-bond donors (Lipinski definition) is 1. The lowest BCUT2D eigenvalue weighted by Crippen LogP contribution is -2.18. The summed E-state index contributed by atoms with van der Waals surface area (Å²) in [5.74, 6) is -0.655. The topological polar surface area (TPSA) is 90.3 Å². The third-order valence-corrected chi connectivity index (χ3v) is 3.97. The van der Waals surface area contributed by atoms with Crippen LogP contribution in [0.4, 0.5) is 5.69 Å². The summed E-state index contributed by atoms with van der Waals surface area (Å²) < 4.78 is 6.59. The number of carbonyl (C=O) groups excluding carboxylic acids is 2. The third kappa shape index (κ3) is 4.38. The second kappa shape index (κ2) is 8.27. The van der Waals surface area contributed by atoms with Gasteiger partial charge in [0.15, 0.2) is 0 Å². The van der Waals surface area contributed by atoms with E-state index >= 15 is 0 Å². The number of anilines is 1. The molecular weight excluding hydrogens is 346 g/mol. The van der Waals surface area contributed by atoms with Crippen LogP contribution in [0.1, 0.15) is 23.7 Å². The van der Waals surface area contributed by atoms with E-state index in [0.29, 0.717) is 28.7 Å². The number of aryl methyl sites for hydroxylation is 1. The monoisotopic (exact) mass is 365 g/mol. The minimum atomic E-state index is -0.433. The Bertz CT molecular complexity index is 1040. The van der Waals surface area contributed by atoms with Gasteiger partial charge < -0.3 is 10.1 Å². The summed E-state index contributed by atoms with van der Waals surface area (Å²) in [5.41, 5.74) is 1.43. The zero-order chi connectivity index (χ0) is 19.2. The Labute approximate surface area is 155 Å². The van der Waals surface area contributed by atoms with E-state index < -0.39 is 5.97 Å². The van der Waals surface area contributed by atoms with Gasteiger partial charge in [0.1, 0.15) is 0 Å². The fourth-order valence-corrected chi connectivity index (χ4v) is 2.71. The number of carbonyl (C=O) groups is 2. The average molecular weight is 365 g/mol. The molecule has 7 heteroatoms. The van der Waals surface area contributed by atoms with Crippen molar-refractivity contribution in [1.82, 2.24) is 9.78 Å². The summed E-state index contributed by atoms with van der Waals surface area (Å²) in [6.45, 7) is 2.35. The molecule has 27 heavy (non-hydrogen) atoms. The molecule has 0 saturated heterocycles. The van der Waals surface area contributed by atoms with Crippen molar-refractivity contribution in [3.8, 4) is 0 Å². The minimum Gasteiger partial charge on any atom is -0.462 e. The molecule has 0 fully saturated rings. The van der Waals surface area contributed by atoms with Gasteiger partial charge in [-0.2, -0.15) is 5.10 Å². The highest BCUT2D eigenvalue weighted by atomic mass is 16.5. The highest BCUT2D eigenvalue weighted by Gasteiger charge is 2.10. The molecule has 0 aliphatic rings. The quantitative estimate of drug-likeness (QED) is 0.678. The van der Waals surface area contributed by atoms with Gasteiger partial charge in [0.25, 0.3) is 0 Å². The largest absolute Gasteiger partial charge is 0.462 e. The number of nitrogens with one attached hydrogen (secondary N) is 1. The number of amides is 1. The van der Waals surface area contributed by atoms with Crippen molar-refractivity contribution in [2.45, 2.75) is 19.9 Å². The average Bonchev–Trinajstić information content (AvgIpc) is 2.68. The van der Waals surface area contributed by atoms with Gasteiger partial charge >= 0.3 is 5.97 Å². The van der Waals surface area contributed by atoms with Crippen LogP contribution in [-0.2, 0) is 16.1 Å². The van der Waals surface area contributed by atoms with Crippen molar-refractivity contribution in [2.75, 3.05) is 11.9 Å². The van der Waals surface area contributed by atoms with Crippen LogP contribution in [0.15, 0.2) is 59.5 Å². The molecule has 1 heterocycles. The normalized spacial score (nSPS) is 10.6. The maximum atomic E-state index is 12.3. The highest BCUT2D eigenvalue weighted by Crippen LogP contribution is 2.13. The summed E-state index contributed by atoms with van der Waals surface area (Å²) in [4.78, 5) is 35.9. The van der Waals surface area contributed by atoms with Crippen LogP contribution in [0.25, 0.3) is 10.9 Å². The number of rotatable bonds is 6. The number of fused-ring (bicyclic) bond motifs is 1. The number of esters is 1. The summed E-state index contributed by atoms with van der Waals surface area (Å²) in [7, 11) is 0. The fraction of sp³-hybridized carbons (Fsp3) is 0.200. The van der Waals surface area contributed by atoms with E-state index in [1.807, 2.05) is 6.07 Å². The fourth-order valence-electron chi connectivity index (χ4n) is 2.71. The van der Waals surface area contributed by atoms with Crippen LogP contribution in [0.5, 0.6) is 0 Å². The summed E-state index contributed by atoms with van der Waals surface area (Å²) in [5, 5.41) is 7.43. The van der Waals surface area contributed by atoms with Crippen molar-refractivity contribution < 1.29 is 14.3 Å². The van der Waals surface area contributed by atoms with Gasteiger partial charge in [-0.25, -0.2) is 4.79 Å². The Morgan fingerprint density at radius 2 is 1.96 bits per heavy atom. The number of ether oxygens (including phenoxy) is 1. The number of para-hydroxylation sites is 1. The van der Waals surface area contributed by atoms with E-state index in [1.54, 1.807) is 54.1 Å². The van der Waals surface area contributed by atoms with E-state index in [-0.39, 0.29) is 24.4 Å². The first-order valence-corrected chi connectivity index (χ1v) is 8.60. The van der Waals surface area contributed by atoms with Gasteiger partial charge in [-0.3, -0.25) is 14.3 Å². The first-order valence-electron chi connectivity index (χ1n) is 8.60. The van der Waals surface area contributed by atoms with Gasteiger partial charge in [0.2, 0.25) is 11.3 Å². The minimum absolute atomic E-state index is 0.151. The van der Waals surface area contributed by atoms with Crippen molar-refractivity contribution >= 4 is 28.5 Å². The second-order valence-electron chi connectivity index (χ2n) is 5.85. The second-order valence-corrected chi connectivity index (χ2v) is 5.85. The van der Waals surface area contributed by atoms with Gasteiger partial charge in [-0.15, -0.1) is 0 Å². The lowest BCUT2D eigenvalue weighted by Gasteiger charge is -2.10. The maximum Gasteiger partial charge on any atom is 0.338 e. The molecule has 0 saturated carbocycles. The van der Waals surface area contributed by atoms with Crippen LogP contribution in [-0.4, -0.2) is 28.3 Å². The van der Waals surface area contributed by atoms with E-state index in [4.69, 9.17) is 4.74 Å². The Balaban J connectivity index is 1.67. The van der Waals surface area contributed by atoms with Crippen LogP contribution < -0.4 is 10.7 Å². The van der Waals surface area contributed by atoms with Gasteiger partial charge in [-0.1, -0.05) is 18.2 Å². The molecule has 0 unspecified atom stereocenters. The van der Waals surface area contributed by atoms with Crippen molar-refractivity contribution in [3.05, 3.63) is 70.5 Å². The lowest BCUT2D eigenvalue weighted by atomic mass is 10.2. The third-order valence-electron chi connectivity index (χ3n) is 3.97. The predicted molar refractivity (Wildman–Crippen MR) is 102 cm³/mol. The predicted octanol–water partition coefficient (Wildman–Crippen LogP) is 2.60. The number of aromatic nitrogens is 2. The summed E-state index contributed by atoms with van der Waals surface area (Å²) in [6.07, 6.45) is 1.42. The van der Waals surface area contributed by atoms with Gasteiger partial charge in [0, 0.05) is 17.5 Å². The first kappa shape index (κ1) is 18.3. The highest BCUT2D eigenvalue weighted by molar-refractivity contribution is 5.94. The molecule has 0 aliphatic heterocycles. The van der Waals surface area contributed by atoms with Crippen LogP contribution in [0.3, 0.4) is 0 Å². The van der Waals surface area contributed by atoms with E-state index in [1.165, 1.54) is 6.20 Å². The molecule has 3 aromatic rings. The maximum absolute atomic E-state index is 12.3. The number of hydrogen-bond acceptors (Lipinski definition) is 5. The van der Waals surface area contributed by atoms with Crippen molar-refractivity contribution in [3.63, 3.8) is 0 Å². The van der Waals surface area contributed by atoms with Gasteiger partial charge in [-0.05, 0) is 37.3 Å². The summed E-state index contributed by atoms with van der Waals surface area (Å²) in [6, 6.07) is 13.7. The molecule has 0 radical (unpaired) electrons. The molecular formula is C20H19N3O4. The molecule has 0 atom stereocenters. The SMILES string of the molecule is CCOC(=O)c1cccc(NC(=O)CCn2ncc(=O)c3ccccc32)c1. The van der Waals surface area contributed by atoms with Crippen molar-refractivity contribution in [1.29, 1.82) is 0 Å². The van der Waals surface area contributed by atoms with Gasteiger partial charge in [0.05, 0.1) is 30.4 Å². The van der Waals surface area contributed by atoms with Crippen LogP contribution in [0, 0.1) is 0 Å². The standard InChI is InChI=1S/C20H19N3O4/c1-2-27-20(26)14-6-5-7-15(12-14)22-19(25)10-11-23-17-9-4-3-8-16(17)18(24)13-21-23/h3-9,12-13H,2,10-11H2,1H3,(H,22,25). The molecule has 1 aromatic heterocycles. The lowest BCUT2D eigenvalue weighted by molar-refractivity contribution is -0.116.